The molecule has 0 aliphatic heterocycles. The molecule has 0 saturated carbocycles. The summed E-state index contributed by atoms with van der Waals surface area (Å²) in [6, 6.07) is 1.58. The highest BCUT2D eigenvalue weighted by molar-refractivity contribution is 9.10. The zero-order chi connectivity index (χ0) is 13.4. The molecule has 2 aromatic heterocycles. The smallest absolute Gasteiger partial charge is 0.352 e. The van der Waals surface area contributed by atoms with Crippen molar-refractivity contribution in [2.75, 3.05) is 0 Å². The number of aromatic nitrogens is 2. The van der Waals surface area contributed by atoms with Gasteiger partial charge in [-0.2, -0.15) is 0 Å². The summed E-state index contributed by atoms with van der Waals surface area (Å²) in [6.45, 7) is 5.89. The highest BCUT2D eigenvalue weighted by atomic mass is 79.9. The number of carboxylic acid groups (broad SMARTS) is 1. The minimum atomic E-state index is -0.925. The molecule has 2 aromatic rings. The maximum Gasteiger partial charge on any atom is 0.352 e. The lowest BCUT2D eigenvalue weighted by Crippen LogP contribution is -2.12. The molecule has 0 aliphatic carbocycles. The van der Waals surface area contributed by atoms with Gasteiger partial charge in [-0.05, 0) is 42.8 Å². The van der Waals surface area contributed by atoms with E-state index < -0.39 is 5.97 Å². The van der Waals surface area contributed by atoms with Crippen LogP contribution in [0.25, 0.3) is 0 Å². The molecular weight excluding hydrogens is 316 g/mol. The second-order valence-corrected chi connectivity index (χ2v) is 6.26. The van der Waals surface area contributed by atoms with E-state index in [9.17, 15) is 9.90 Å². The monoisotopic (exact) mass is 328 g/mol. The number of nitrogens with zero attached hydrogens (tertiary/aromatic N) is 2. The van der Waals surface area contributed by atoms with Crippen molar-refractivity contribution in [1.82, 2.24) is 9.55 Å². The quantitative estimate of drug-likeness (QED) is 0.935. The number of thiazole rings is 1. The third-order valence-electron chi connectivity index (χ3n) is 2.77. The molecule has 1 unspecified atom stereocenters. The summed E-state index contributed by atoms with van der Waals surface area (Å²) in [6.07, 6.45) is 1.79. The molecule has 1 N–H and O–H groups in total. The van der Waals surface area contributed by atoms with Gasteiger partial charge in [0.2, 0.25) is 0 Å². The molecule has 0 aliphatic rings. The van der Waals surface area contributed by atoms with Crippen LogP contribution in [0.5, 0.6) is 0 Å². The first kappa shape index (κ1) is 13.3. The summed E-state index contributed by atoms with van der Waals surface area (Å²) in [5.74, 6) is -0.925. The fraction of sp³-hybridized carbons (Fsp3) is 0.333. The second-order valence-electron chi connectivity index (χ2n) is 4.11. The Morgan fingerprint density at radius 2 is 2.22 bits per heavy atom. The van der Waals surface area contributed by atoms with Crippen LogP contribution in [-0.2, 0) is 0 Å². The summed E-state index contributed by atoms with van der Waals surface area (Å²) in [5.41, 5.74) is 1.24. The van der Waals surface area contributed by atoms with Gasteiger partial charge in [0.1, 0.15) is 5.69 Å². The van der Waals surface area contributed by atoms with Crippen molar-refractivity contribution in [2.45, 2.75) is 26.8 Å². The van der Waals surface area contributed by atoms with Crippen molar-refractivity contribution in [2.24, 2.45) is 0 Å². The van der Waals surface area contributed by atoms with Crippen molar-refractivity contribution in [1.29, 1.82) is 0 Å². The molecular formula is C12H13BrN2O2S. The van der Waals surface area contributed by atoms with Crippen LogP contribution in [0.1, 0.15) is 39.0 Å². The fourth-order valence-electron chi connectivity index (χ4n) is 2.00. The Labute approximate surface area is 117 Å². The normalized spacial score (nSPS) is 12.7. The largest absolute Gasteiger partial charge is 0.477 e. The van der Waals surface area contributed by atoms with E-state index >= 15 is 0 Å². The van der Waals surface area contributed by atoms with E-state index in [0.29, 0.717) is 0 Å². The molecule has 0 radical (unpaired) electrons. The molecule has 0 bridgehead atoms. The molecule has 96 valence electrons. The number of halogens is 1. The summed E-state index contributed by atoms with van der Waals surface area (Å²) < 4.78 is 2.53. The first-order valence-electron chi connectivity index (χ1n) is 5.44. The topological polar surface area (TPSA) is 55.1 Å². The van der Waals surface area contributed by atoms with Gasteiger partial charge < -0.3 is 9.67 Å². The molecule has 2 heterocycles. The highest BCUT2D eigenvalue weighted by Crippen LogP contribution is 2.30. The Hall–Kier alpha value is -1.14. The van der Waals surface area contributed by atoms with E-state index in [1.165, 1.54) is 0 Å². The molecule has 4 nitrogen and oxygen atoms in total. The van der Waals surface area contributed by atoms with Gasteiger partial charge in [-0.3, -0.25) is 0 Å². The molecule has 2 rings (SSSR count). The predicted molar refractivity (Wildman–Crippen MR) is 74.5 cm³/mol. The van der Waals surface area contributed by atoms with Crippen LogP contribution >= 0.6 is 27.3 Å². The summed E-state index contributed by atoms with van der Waals surface area (Å²) in [4.78, 5) is 16.7. The van der Waals surface area contributed by atoms with Crippen molar-refractivity contribution in [3.05, 3.63) is 38.0 Å². The molecule has 0 aromatic carbocycles. The Balaban J connectivity index is 2.48. The molecule has 18 heavy (non-hydrogen) atoms. The Kier molecular flexibility index (Phi) is 3.59. The average molecular weight is 329 g/mol. The van der Waals surface area contributed by atoms with Crippen LogP contribution in [0.2, 0.25) is 0 Å². The maximum atomic E-state index is 11.2. The number of aromatic carboxylic acids is 1. The van der Waals surface area contributed by atoms with Gasteiger partial charge in [0.15, 0.2) is 0 Å². The molecule has 0 fully saturated rings. The van der Waals surface area contributed by atoms with Crippen LogP contribution < -0.4 is 0 Å². The van der Waals surface area contributed by atoms with Gasteiger partial charge in [0.25, 0.3) is 0 Å². The summed E-state index contributed by atoms with van der Waals surface area (Å²) in [7, 11) is 0. The van der Waals surface area contributed by atoms with Crippen molar-refractivity contribution < 1.29 is 9.90 Å². The second kappa shape index (κ2) is 4.85. The number of rotatable bonds is 3. The Bertz CT molecular complexity index is 603. The van der Waals surface area contributed by atoms with E-state index in [0.717, 1.165) is 20.1 Å². The molecule has 1 atom stereocenters. The Morgan fingerprint density at radius 3 is 2.72 bits per heavy atom. The van der Waals surface area contributed by atoms with Crippen LogP contribution in [0.15, 0.2) is 16.7 Å². The lowest BCUT2D eigenvalue weighted by Gasteiger charge is -2.14. The maximum absolute atomic E-state index is 11.2. The highest BCUT2D eigenvalue weighted by Gasteiger charge is 2.20. The first-order chi connectivity index (χ1) is 8.40. The minimum absolute atomic E-state index is 0.0337. The van der Waals surface area contributed by atoms with Crippen LogP contribution in [0.4, 0.5) is 0 Å². The number of carboxylic acids is 1. The molecule has 0 amide bonds. The average Bonchev–Trinajstić information content (AvgIpc) is 2.81. The van der Waals surface area contributed by atoms with Crippen LogP contribution in [-0.4, -0.2) is 20.6 Å². The van der Waals surface area contributed by atoms with E-state index in [2.05, 4.69) is 20.9 Å². The number of hydrogen-bond acceptors (Lipinski definition) is 3. The lowest BCUT2D eigenvalue weighted by atomic mass is 10.2. The number of aryl methyl sites for hydroxylation is 2. The number of hydrogen-bond donors (Lipinski definition) is 1. The third kappa shape index (κ3) is 2.35. The summed E-state index contributed by atoms with van der Waals surface area (Å²) in [5, 5.41) is 10.2. The molecule has 6 heteroatoms. The van der Waals surface area contributed by atoms with E-state index in [4.69, 9.17) is 0 Å². The van der Waals surface area contributed by atoms with E-state index in [1.807, 2.05) is 20.8 Å². The van der Waals surface area contributed by atoms with Gasteiger partial charge in [0, 0.05) is 10.7 Å². The van der Waals surface area contributed by atoms with Gasteiger partial charge in [-0.25, -0.2) is 9.78 Å². The van der Waals surface area contributed by atoms with Crippen molar-refractivity contribution in [3.63, 3.8) is 0 Å². The first-order valence-corrected chi connectivity index (χ1v) is 7.05. The molecule has 0 spiro atoms. The van der Waals surface area contributed by atoms with Crippen LogP contribution in [0, 0.1) is 13.8 Å². The SMILES string of the molecule is Cc1nc(C)c(C(C)n2cc(Br)cc2C(=O)O)s1. The zero-order valence-electron chi connectivity index (χ0n) is 10.3. The fourth-order valence-corrected chi connectivity index (χ4v) is 3.41. The summed E-state index contributed by atoms with van der Waals surface area (Å²) >= 11 is 4.93. The van der Waals surface area contributed by atoms with Crippen molar-refractivity contribution >= 4 is 33.2 Å². The van der Waals surface area contributed by atoms with Gasteiger partial charge in [-0.1, -0.05) is 0 Å². The zero-order valence-corrected chi connectivity index (χ0v) is 12.7. The van der Waals surface area contributed by atoms with Gasteiger partial charge in [-0.15, -0.1) is 11.3 Å². The van der Waals surface area contributed by atoms with Gasteiger partial charge in [0.05, 0.1) is 21.6 Å². The van der Waals surface area contributed by atoms with Crippen LogP contribution in [0.3, 0.4) is 0 Å². The number of carbonyl (C=O) groups is 1. The lowest BCUT2D eigenvalue weighted by molar-refractivity contribution is 0.0684. The molecule has 0 saturated heterocycles. The minimum Gasteiger partial charge on any atom is -0.477 e. The standard InChI is InChI=1S/C12H13BrN2O2S/c1-6-11(18-8(3)14-6)7(2)15-5-9(13)4-10(15)12(16)17/h4-5,7H,1-3H3,(H,16,17). The van der Waals surface area contributed by atoms with Crippen molar-refractivity contribution in [3.8, 4) is 0 Å². The van der Waals surface area contributed by atoms with E-state index in [1.54, 1.807) is 28.2 Å². The predicted octanol–water partition coefficient (Wildman–Crippen LogP) is 3.63. The third-order valence-corrected chi connectivity index (χ3v) is 4.45. The van der Waals surface area contributed by atoms with E-state index in [-0.39, 0.29) is 11.7 Å². The Morgan fingerprint density at radius 1 is 1.56 bits per heavy atom. The van der Waals surface area contributed by atoms with Gasteiger partial charge >= 0.3 is 5.97 Å².